The van der Waals surface area contributed by atoms with Crippen LogP contribution in [-0.2, 0) is 0 Å². The lowest BCUT2D eigenvalue weighted by molar-refractivity contribution is 0.387. The summed E-state index contributed by atoms with van der Waals surface area (Å²) in [6.07, 6.45) is 0. The molecule has 0 radical (unpaired) electrons. The highest BCUT2D eigenvalue weighted by atomic mass is 19.1. The molecule has 0 aliphatic heterocycles. The number of methoxy groups -OCH3 is 1. The van der Waals surface area contributed by atoms with Crippen LogP contribution in [-0.4, -0.2) is 18.7 Å². The molecule has 1 rings (SSSR count). The molecule has 0 aliphatic rings. The summed E-state index contributed by atoms with van der Waals surface area (Å²) in [4.78, 5) is 0. The molecular formula is C10H10FN5O. The van der Waals surface area contributed by atoms with E-state index in [0.29, 0.717) is 5.69 Å². The second-order valence-electron chi connectivity index (χ2n) is 2.95. The van der Waals surface area contributed by atoms with E-state index >= 15 is 0 Å². The van der Waals surface area contributed by atoms with Crippen LogP contribution in [0, 0.1) is 22.6 Å². The zero-order chi connectivity index (χ0) is 12.8. The average molecular weight is 235 g/mol. The molecule has 0 saturated carbocycles. The van der Waals surface area contributed by atoms with Gasteiger partial charge in [0.2, 0.25) is 5.71 Å². The number of nitrogens with zero attached hydrogens (tertiary/aromatic N) is 2. The molecule has 1 aromatic carbocycles. The smallest absolute Gasteiger partial charge is 0.201 e. The predicted molar refractivity (Wildman–Crippen MR) is 61.5 cm³/mol. The summed E-state index contributed by atoms with van der Waals surface area (Å²) < 4.78 is 17.8. The topological polar surface area (TPSA) is 107 Å². The number of rotatable bonds is 4. The first-order chi connectivity index (χ1) is 8.08. The molecule has 17 heavy (non-hydrogen) atoms. The molecule has 7 heteroatoms. The Morgan fingerprint density at radius 3 is 2.88 bits per heavy atom. The van der Waals surface area contributed by atoms with Gasteiger partial charge in [-0.15, -0.1) is 0 Å². The van der Waals surface area contributed by atoms with E-state index < -0.39 is 11.7 Å². The van der Waals surface area contributed by atoms with Gasteiger partial charge in [-0.3, -0.25) is 10.8 Å². The van der Waals surface area contributed by atoms with Crippen molar-refractivity contribution in [2.75, 3.05) is 12.5 Å². The standard InChI is InChI=1S/C10H10FN5O/c1-17-9-4-6(2-3-7(9)11)15-16-8(5-12)10(13)14/h2-4,15H,1H3,(H3,13,14)/b16-8+. The van der Waals surface area contributed by atoms with Crippen molar-refractivity contribution < 1.29 is 9.13 Å². The van der Waals surface area contributed by atoms with Crippen molar-refractivity contribution in [3.05, 3.63) is 24.0 Å². The number of ether oxygens (including phenoxy) is 1. The highest BCUT2D eigenvalue weighted by molar-refractivity contribution is 6.45. The van der Waals surface area contributed by atoms with E-state index in [1.807, 2.05) is 0 Å². The van der Waals surface area contributed by atoms with Gasteiger partial charge in [-0.25, -0.2) is 4.39 Å². The van der Waals surface area contributed by atoms with Gasteiger partial charge in [0, 0.05) is 6.07 Å². The molecule has 0 amide bonds. The van der Waals surface area contributed by atoms with E-state index in [-0.39, 0.29) is 11.5 Å². The van der Waals surface area contributed by atoms with Crippen molar-refractivity contribution in [3.63, 3.8) is 0 Å². The molecule has 1 aromatic rings. The fourth-order valence-electron chi connectivity index (χ4n) is 0.995. The number of hydrogen-bond donors (Lipinski definition) is 3. The highest BCUT2D eigenvalue weighted by Crippen LogP contribution is 2.21. The molecule has 0 aromatic heterocycles. The molecule has 0 bridgehead atoms. The molecule has 0 unspecified atom stereocenters. The zero-order valence-corrected chi connectivity index (χ0v) is 8.99. The van der Waals surface area contributed by atoms with Crippen LogP contribution in [0.5, 0.6) is 5.75 Å². The Kier molecular flexibility index (Phi) is 4.00. The fourth-order valence-corrected chi connectivity index (χ4v) is 0.995. The molecule has 0 fully saturated rings. The predicted octanol–water partition coefficient (Wildman–Crippen LogP) is 1.06. The summed E-state index contributed by atoms with van der Waals surface area (Å²) in [5.74, 6) is -0.908. The Morgan fingerprint density at radius 2 is 2.35 bits per heavy atom. The summed E-state index contributed by atoms with van der Waals surface area (Å²) >= 11 is 0. The quantitative estimate of drug-likeness (QED) is 0.412. The minimum Gasteiger partial charge on any atom is -0.494 e. The maximum atomic E-state index is 13.1. The van der Waals surface area contributed by atoms with E-state index in [4.69, 9.17) is 21.1 Å². The monoisotopic (exact) mass is 235 g/mol. The van der Waals surface area contributed by atoms with Gasteiger partial charge < -0.3 is 10.5 Å². The van der Waals surface area contributed by atoms with Crippen LogP contribution in [0.4, 0.5) is 10.1 Å². The molecule has 6 nitrogen and oxygen atoms in total. The van der Waals surface area contributed by atoms with E-state index in [1.165, 1.54) is 25.3 Å². The van der Waals surface area contributed by atoms with Gasteiger partial charge >= 0.3 is 0 Å². The highest BCUT2D eigenvalue weighted by Gasteiger charge is 2.04. The Morgan fingerprint density at radius 1 is 1.65 bits per heavy atom. The molecule has 88 valence electrons. The van der Waals surface area contributed by atoms with Crippen LogP contribution in [0.1, 0.15) is 0 Å². The van der Waals surface area contributed by atoms with Crippen molar-refractivity contribution in [3.8, 4) is 11.8 Å². The Bertz CT molecular complexity index is 506. The van der Waals surface area contributed by atoms with Crippen LogP contribution in [0.15, 0.2) is 23.3 Å². The average Bonchev–Trinajstić information content (AvgIpc) is 2.31. The number of halogens is 1. The number of benzene rings is 1. The lowest BCUT2D eigenvalue weighted by atomic mass is 10.3. The van der Waals surface area contributed by atoms with Crippen molar-refractivity contribution >= 4 is 17.2 Å². The third-order valence-corrected chi connectivity index (χ3v) is 1.81. The van der Waals surface area contributed by atoms with E-state index in [9.17, 15) is 4.39 Å². The molecule has 0 spiro atoms. The summed E-state index contributed by atoms with van der Waals surface area (Å²) in [6, 6.07) is 5.62. The number of anilines is 1. The van der Waals surface area contributed by atoms with Gasteiger partial charge in [0.1, 0.15) is 6.07 Å². The molecule has 0 atom stereocenters. The molecule has 0 heterocycles. The van der Waals surface area contributed by atoms with Gasteiger partial charge in [-0.1, -0.05) is 0 Å². The maximum Gasteiger partial charge on any atom is 0.201 e. The lowest BCUT2D eigenvalue weighted by Gasteiger charge is -2.05. The van der Waals surface area contributed by atoms with Gasteiger partial charge in [0.25, 0.3) is 0 Å². The number of amidine groups is 1. The van der Waals surface area contributed by atoms with Crippen molar-refractivity contribution in [1.29, 1.82) is 10.7 Å². The largest absolute Gasteiger partial charge is 0.494 e. The Hall–Kier alpha value is -2.62. The third-order valence-electron chi connectivity index (χ3n) is 1.81. The molecule has 0 aliphatic carbocycles. The van der Waals surface area contributed by atoms with E-state index in [0.717, 1.165) is 0 Å². The normalized spacial score (nSPS) is 10.5. The maximum absolute atomic E-state index is 13.1. The first-order valence-electron chi connectivity index (χ1n) is 4.50. The first-order valence-corrected chi connectivity index (χ1v) is 4.50. The summed E-state index contributed by atoms with van der Waals surface area (Å²) in [5.41, 5.74) is 7.73. The van der Waals surface area contributed by atoms with Crippen LogP contribution >= 0.6 is 0 Å². The fraction of sp³-hybridized carbons (Fsp3) is 0.100. The van der Waals surface area contributed by atoms with Gasteiger partial charge in [-0.2, -0.15) is 10.4 Å². The Labute approximate surface area is 97.0 Å². The third kappa shape index (κ3) is 3.17. The number of nitriles is 1. The number of nitrogens with two attached hydrogens (primary N) is 1. The van der Waals surface area contributed by atoms with E-state index in [2.05, 4.69) is 10.5 Å². The van der Waals surface area contributed by atoms with Crippen molar-refractivity contribution in [1.82, 2.24) is 0 Å². The lowest BCUT2D eigenvalue weighted by Crippen LogP contribution is -2.21. The van der Waals surface area contributed by atoms with Crippen molar-refractivity contribution in [2.24, 2.45) is 10.8 Å². The van der Waals surface area contributed by atoms with Crippen LogP contribution < -0.4 is 15.9 Å². The second-order valence-corrected chi connectivity index (χ2v) is 2.95. The van der Waals surface area contributed by atoms with Crippen molar-refractivity contribution in [2.45, 2.75) is 0 Å². The molecule has 0 saturated heterocycles. The van der Waals surface area contributed by atoms with Gasteiger partial charge in [-0.05, 0) is 12.1 Å². The van der Waals surface area contributed by atoms with Crippen LogP contribution in [0.3, 0.4) is 0 Å². The molecule has 4 N–H and O–H groups in total. The summed E-state index contributed by atoms with van der Waals surface area (Å²) in [7, 11) is 1.34. The Balaban J connectivity index is 2.90. The number of hydrogen-bond acceptors (Lipinski definition) is 5. The zero-order valence-electron chi connectivity index (χ0n) is 8.99. The number of nitrogens with one attached hydrogen (secondary N) is 2. The second kappa shape index (κ2) is 5.46. The van der Waals surface area contributed by atoms with Crippen LogP contribution in [0.25, 0.3) is 0 Å². The number of hydrazone groups is 1. The minimum absolute atomic E-state index is 0.0477. The SMILES string of the molecule is COc1cc(N/N=C(\C#N)C(=N)N)ccc1F. The first kappa shape index (κ1) is 12.4. The summed E-state index contributed by atoms with van der Waals surface area (Å²) in [6.45, 7) is 0. The van der Waals surface area contributed by atoms with E-state index in [1.54, 1.807) is 6.07 Å². The van der Waals surface area contributed by atoms with Gasteiger partial charge in [0.05, 0.1) is 12.8 Å². The van der Waals surface area contributed by atoms with Gasteiger partial charge in [0.15, 0.2) is 17.4 Å². The molecular weight excluding hydrogens is 225 g/mol. The summed E-state index contributed by atoms with van der Waals surface area (Å²) in [5, 5.41) is 19.2. The van der Waals surface area contributed by atoms with Crippen LogP contribution in [0.2, 0.25) is 0 Å². The minimum atomic E-state index is -0.505.